The highest BCUT2D eigenvalue weighted by atomic mass is 19.4. The average molecular weight is 314 g/mol. The van der Waals surface area contributed by atoms with E-state index in [0.29, 0.717) is 11.3 Å². The predicted molar refractivity (Wildman–Crippen MR) is 74.9 cm³/mol. The van der Waals surface area contributed by atoms with Crippen molar-refractivity contribution in [2.45, 2.75) is 38.4 Å². The fourth-order valence-electron chi connectivity index (χ4n) is 2.42. The summed E-state index contributed by atoms with van der Waals surface area (Å²) in [6.45, 7) is -0.213. The van der Waals surface area contributed by atoms with Crippen LogP contribution in [0.25, 0.3) is 0 Å². The molecule has 0 unspecified atom stereocenters. The number of alkyl halides is 3. The zero-order chi connectivity index (χ0) is 16.2. The van der Waals surface area contributed by atoms with Gasteiger partial charge in [0.05, 0.1) is 0 Å². The molecule has 7 heteroatoms. The van der Waals surface area contributed by atoms with Crippen LogP contribution in [0.1, 0.15) is 31.2 Å². The number of hydrogen-bond acceptors (Lipinski definition) is 2. The van der Waals surface area contributed by atoms with E-state index in [-0.39, 0.29) is 18.4 Å². The largest absolute Gasteiger partial charge is 0.471 e. The lowest BCUT2D eigenvalue weighted by atomic mass is 10.1. The van der Waals surface area contributed by atoms with Crippen molar-refractivity contribution in [2.75, 3.05) is 5.32 Å². The molecule has 1 saturated carbocycles. The van der Waals surface area contributed by atoms with Crippen molar-refractivity contribution in [1.82, 2.24) is 5.32 Å². The Hall–Kier alpha value is -2.05. The van der Waals surface area contributed by atoms with Crippen LogP contribution in [0.15, 0.2) is 24.3 Å². The van der Waals surface area contributed by atoms with Gasteiger partial charge in [-0.1, -0.05) is 25.0 Å². The van der Waals surface area contributed by atoms with Crippen molar-refractivity contribution in [3.8, 4) is 0 Å². The lowest BCUT2D eigenvalue weighted by Crippen LogP contribution is -2.36. The Labute approximate surface area is 126 Å². The first-order valence-electron chi connectivity index (χ1n) is 7.11. The van der Waals surface area contributed by atoms with Gasteiger partial charge in [0.2, 0.25) is 5.91 Å². The van der Waals surface area contributed by atoms with Gasteiger partial charge in [-0.3, -0.25) is 9.59 Å². The quantitative estimate of drug-likeness (QED) is 0.897. The Balaban J connectivity index is 1.85. The molecule has 0 atom stereocenters. The number of nitrogens with one attached hydrogen (secondary N) is 2. The van der Waals surface area contributed by atoms with Gasteiger partial charge in [0.25, 0.3) is 0 Å². The molecule has 22 heavy (non-hydrogen) atoms. The van der Waals surface area contributed by atoms with E-state index < -0.39 is 12.1 Å². The third-order valence-electron chi connectivity index (χ3n) is 3.66. The van der Waals surface area contributed by atoms with Crippen LogP contribution in [0, 0.1) is 5.92 Å². The summed E-state index contributed by atoms with van der Waals surface area (Å²) < 4.78 is 36.1. The van der Waals surface area contributed by atoms with Gasteiger partial charge in [-0.25, -0.2) is 0 Å². The lowest BCUT2D eigenvalue weighted by Gasteiger charge is -2.11. The van der Waals surface area contributed by atoms with Crippen molar-refractivity contribution in [2.24, 2.45) is 5.92 Å². The maximum Gasteiger partial charge on any atom is 0.471 e. The molecule has 1 fully saturated rings. The highest BCUT2D eigenvalue weighted by Gasteiger charge is 2.38. The molecule has 1 aliphatic carbocycles. The summed E-state index contributed by atoms with van der Waals surface area (Å²) in [5, 5.41) is 4.59. The van der Waals surface area contributed by atoms with Crippen LogP contribution in [0.3, 0.4) is 0 Å². The van der Waals surface area contributed by atoms with Gasteiger partial charge in [0.1, 0.15) is 0 Å². The van der Waals surface area contributed by atoms with Crippen LogP contribution in [-0.4, -0.2) is 18.0 Å². The van der Waals surface area contributed by atoms with Crippen LogP contribution in [-0.2, 0) is 16.1 Å². The van der Waals surface area contributed by atoms with E-state index in [9.17, 15) is 22.8 Å². The maximum absolute atomic E-state index is 12.0. The van der Waals surface area contributed by atoms with Crippen LogP contribution in [0.5, 0.6) is 0 Å². The van der Waals surface area contributed by atoms with E-state index in [4.69, 9.17) is 0 Å². The summed E-state index contributed by atoms with van der Waals surface area (Å²) in [6.07, 6.45) is -0.957. The number of anilines is 1. The zero-order valence-electron chi connectivity index (χ0n) is 11.9. The first-order valence-corrected chi connectivity index (χ1v) is 7.11. The van der Waals surface area contributed by atoms with E-state index in [1.807, 2.05) is 0 Å². The van der Waals surface area contributed by atoms with Gasteiger partial charge in [0, 0.05) is 18.2 Å². The normalized spacial score (nSPS) is 15.6. The molecule has 2 rings (SSSR count). The second kappa shape index (κ2) is 6.81. The van der Waals surface area contributed by atoms with E-state index in [0.717, 1.165) is 25.7 Å². The minimum Gasteiger partial charge on any atom is -0.344 e. The van der Waals surface area contributed by atoms with Crippen molar-refractivity contribution in [1.29, 1.82) is 0 Å². The molecule has 2 amide bonds. The minimum atomic E-state index is -4.88. The van der Waals surface area contributed by atoms with E-state index in [1.54, 1.807) is 29.6 Å². The molecule has 0 bridgehead atoms. The molecule has 1 aromatic rings. The number of carbonyl (C=O) groups is 2. The smallest absolute Gasteiger partial charge is 0.344 e. The van der Waals surface area contributed by atoms with E-state index in [2.05, 4.69) is 5.32 Å². The zero-order valence-corrected chi connectivity index (χ0v) is 11.9. The van der Waals surface area contributed by atoms with Crippen molar-refractivity contribution in [3.05, 3.63) is 29.8 Å². The van der Waals surface area contributed by atoms with Crippen LogP contribution in [0.2, 0.25) is 0 Å². The number of halogens is 3. The van der Waals surface area contributed by atoms with Gasteiger partial charge < -0.3 is 10.6 Å². The summed E-state index contributed by atoms with van der Waals surface area (Å²) in [5.74, 6) is -1.94. The first-order chi connectivity index (χ1) is 10.4. The Bertz CT molecular complexity index is 535. The topological polar surface area (TPSA) is 58.2 Å². The molecule has 0 aliphatic heterocycles. The Kier molecular flexibility index (Phi) is 5.05. The van der Waals surface area contributed by atoms with Crippen molar-refractivity contribution >= 4 is 17.5 Å². The summed E-state index contributed by atoms with van der Waals surface area (Å²) in [4.78, 5) is 22.6. The second-order valence-corrected chi connectivity index (χ2v) is 5.35. The number of rotatable bonds is 4. The standard InChI is InChI=1S/C15H17F3N2O2/c16-15(17,18)14(22)19-9-10-5-7-12(8-6-10)20-13(21)11-3-1-2-4-11/h5-8,11H,1-4,9H2,(H,19,22)(H,20,21). The highest BCUT2D eigenvalue weighted by Crippen LogP contribution is 2.26. The molecular formula is C15H17F3N2O2. The Morgan fingerprint density at radius 2 is 1.68 bits per heavy atom. The van der Waals surface area contributed by atoms with Gasteiger partial charge in [-0.05, 0) is 30.5 Å². The van der Waals surface area contributed by atoms with E-state index >= 15 is 0 Å². The Morgan fingerprint density at radius 3 is 2.23 bits per heavy atom. The van der Waals surface area contributed by atoms with Crippen LogP contribution < -0.4 is 10.6 Å². The van der Waals surface area contributed by atoms with Gasteiger partial charge >= 0.3 is 12.1 Å². The monoisotopic (exact) mass is 314 g/mol. The third-order valence-corrected chi connectivity index (χ3v) is 3.66. The molecule has 0 saturated heterocycles. The predicted octanol–water partition coefficient (Wildman–Crippen LogP) is 2.99. The first kappa shape index (κ1) is 16.3. The van der Waals surface area contributed by atoms with E-state index in [1.165, 1.54) is 0 Å². The van der Waals surface area contributed by atoms with Gasteiger partial charge in [0.15, 0.2) is 0 Å². The number of hydrogen-bond donors (Lipinski definition) is 2. The molecule has 120 valence electrons. The summed E-state index contributed by atoms with van der Waals surface area (Å²) >= 11 is 0. The molecule has 1 aromatic carbocycles. The number of carbonyl (C=O) groups excluding carboxylic acids is 2. The number of benzene rings is 1. The Morgan fingerprint density at radius 1 is 1.09 bits per heavy atom. The number of amides is 2. The molecule has 4 nitrogen and oxygen atoms in total. The van der Waals surface area contributed by atoms with Crippen molar-refractivity contribution in [3.63, 3.8) is 0 Å². The molecule has 2 N–H and O–H groups in total. The molecule has 0 aromatic heterocycles. The molecule has 0 radical (unpaired) electrons. The van der Waals surface area contributed by atoms with Crippen molar-refractivity contribution < 1.29 is 22.8 Å². The second-order valence-electron chi connectivity index (χ2n) is 5.35. The molecule has 0 heterocycles. The van der Waals surface area contributed by atoms with Crippen LogP contribution >= 0.6 is 0 Å². The maximum atomic E-state index is 12.0. The SMILES string of the molecule is O=C(Nc1ccc(CNC(=O)C(F)(F)F)cc1)C1CCCC1. The lowest BCUT2D eigenvalue weighted by molar-refractivity contribution is -0.173. The average Bonchev–Trinajstić information content (AvgIpc) is 2.99. The molecular weight excluding hydrogens is 297 g/mol. The summed E-state index contributed by atoms with van der Waals surface area (Å²) in [7, 11) is 0. The van der Waals surface area contributed by atoms with Crippen LogP contribution in [0.4, 0.5) is 18.9 Å². The van der Waals surface area contributed by atoms with Gasteiger partial charge in [-0.2, -0.15) is 13.2 Å². The fraction of sp³-hybridized carbons (Fsp3) is 0.467. The fourth-order valence-corrected chi connectivity index (χ4v) is 2.42. The highest BCUT2D eigenvalue weighted by molar-refractivity contribution is 5.92. The molecule has 0 spiro atoms. The van der Waals surface area contributed by atoms with Gasteiger partial charge in [-0.15, -0.1) is 0 Å². The third kappa shape index (κ3) is 4.47. The molecule has 1 aliphatic rings. The summed E-state index contributed by atoms with van der Waals surface area (Å²) in [5.41, 5.74) is 1.12. The minimum absolute atomic E-state index is 0.0179. The summed E-state index contributed by atoms with van der Waals surface area (Å²) in [6, 6.07) is 6.37.